The van der Waals surface area contributed by atoms with Crippen LogP contribution in [0, 0.1) is 0 Å². The number of halogens is 3. The van der Waals surface area contributed by atoms with Crippen LogP contribution < -0.4 is 5.32 Å². The topological polar surface area (TPSA) is 75.6 Å². The third-order valence-electron chi connectivity index (χ3n) is 1.17. The fourth-order valence-corrected chi connectivity index (χ4v) is 0.578. The molecule has 0 spiro atoms. The molecule has 0 bridgehead atoms. The van der Waals surface area contributed by atoms with E-state index in [1.807, 2.05) is 0 Å². The minimum absolute atomic E-state index is 0.309. The van der Waals surface area contributed by atoms with E-state index in [1.165, 1.54) is 0 Å². The SMILES string of the molecule is C=CCOC(=O)N[C@@H](C(=O)O)C(F)(F)F. The van der Waals surface area contributed by atoms with E-state index in [1.54, 1.807) is 0 Å². The number of alkyl carbamates (subject to hydrolysis) is 1. The zero-order valence-corrected chi connectivity index (χ0v) is 7.37. The first-order chi connectivity index (χ1) is 6.79. The quantitative estimate of drug-likeness (QED) is 0.700. The van der Waals surface area contributed by atoms with Gasteiger partial charge in [-0.15, -0.1) is 0 Å². The normalized spacial score (nSPS) is 12.7. The Labute approximate surface area is 82.5 Å². The molecule has 0 aliphatic rings. The zero-order chi connectivity index (χ0) is 12.1. The fraction of sp³-hybridized carbons (Fsp3) is 0.429. The van der Waals surface area contributed by atoms with E-state index in [0.29, 0.717) is 0 Å². The molecule has 0 saturated heterocycles. The number of hydrogen-bond donors (Lipinski definition) is 2. The smallest absolute Gasteiger partial charge is 0.419 e. The molecule has 0 aliphatic heterocycles. The highest BCUT2D eigenvalue weighted by atomic mass is 19.4. The standard InChI is InChI=1S/C7H8F3NO4/c1-2-3-15-6(14)11-4(5(12)13)7(8,9)10/h2,4H,1,3H2,(H,11,14)(H,12,13)/t4-/m0/s1. The summed E-state index contributed by atoms with van der Waals surface area (Å²) in [6.45, 7) is 2.84. The second-order valence-electron chi connectivity index (χ2n) is 2.34. The Hall–Kier alpha value is -1.73. The van der Waals surface area contributed by atoms with Crippen LogP contribution in [-0.2, 0) is 9.53 Å². The monoisotopic (exact) mass is 227 g/mol. The molecule has 0 fully saturated rings. The first kappa shape index (κ1) is 13.3. The first-order valence-corrected chi connectivity index (χ1v) is 3.62. The predicted octanol–water partition coefficient (Wildman–Crippen LogP) is 0.914. The highest BCUT2D eigenvalue weighted by Gasteiger charge is 2.46. The maximum Gasteiger partial charge on any atom is 0.419 e. The second-order valence-corrected chi connectivity index (χ2v) is 2.34. The van der Waals surface area contributed by atoms with Gasteiger partial charge in [0, 0.05) is 0 Å². The van der Waals surface area contributed by atoms with Crippen LogP contribution >= 0.6 is 0 Å². The van der Waals surface area contributed by atoms with E-state index in [4.69, 9.17) is 5.11 Å². The third-order valence-corrected chi connectivity index (χ3v) is 1.17. The summed E-state index contributed by atoms with van der Waals surface area (Å²) in [5.41, 5.74) is 0. The summed E-state index contributed by atoms with van der Waals surface area (Å²) >= 11 is 0. The van der Waals surface area contributed by atoms with Gasteiger partial charge in [0.25, 0.3) is 0 Å². The Morgan fingerprint density at radius 3 is 2.40 bits per heavy atom. The molecule has 0 aromatic rings. The van der Waals surface area contributed by atoms with Crippen molar-refractivity contribution >= 4 is 12.1 Å². The van der Waals surface area contributed by atoms with Crippen LogP contribution in [0.25, 0.3) is 0 Å². The Bertz CT molecular complexity index is 263. The van der Waals surface area contributed by atoms with Crippen molar-refractivity contribution in [2.75, 3.05) is 6.61 Å². The number of ether oxygens (including phenoxy) is 1. The molecule has 0 rings (SSSR count). The molecule has 0 aromatic carbocycles. The highest BCUT2D eigenvalue weighted by Crippen LogP contribution is 2.20. The maximum absolute atomic E-state index is 12.0. The summed E-state index contributed by atoms with van der Waals surface area (Å²) in [6, 6.07) is -2.98. The van der Waals surface area contributed by atoms with Crippen molar-refractivity contribution in [3.05, 3.63) is 12.7 Å². The number of amides is 1. The van der Waals surface area contributed by atoms with Crippen molar-refractivity contribution < 1.29 is 32.6 Å². The number of carboxylic acid groups (broad SMARTS) is 1. The van der Waals surface area contributed by atoms with Gasteiger partial charge in [0.15, 0.2) is 0 Å². The molecule has 5 nitrogen and oxygen atoms in total. The lowest BCUT2D eigenvalue weighted by molar-refractivity contribution is -0.178. The number of carbonyl (C=O) groups is 2. The van der Waals surface area contributed by atoms with Gasteiger partial charge in [0.1, 0.15) is 6.61 Å². The summed E-state index contributed by atoms with van der Waals surface area (Å²) < 4.78 is 40.1. The molecule has 0 saturated carbocycles. The lowest BCUT2D eigenvalue weighted by atomic mass is 10.3. The fourth-order valence-electron chi connectivity index (χ4n) is 0.578. The van der Waals surface area contributed by atoms with Crippen molar-refractivity contribution in [2.45, 2.75) is 12.2 Å². The number of nitrogens with one attached hydrogen (secondary N) is 1. The van der Waals surface area contributed by atoms with E-state index >= 15 is 0 Å². The third kappa shape index (κ3) is 4.89. The van der Waals surface area contributed by atoms with Crippen molar-refractivity contribution in [1.29, 1.82) is 0 Å². The molecule has 8 heteroatoms. The van der Waals surface area contributed by atoms with Gasteiger partial charge in [-0.1, -0.05) is 12.7 Å². The van der Waals surface area contributed by atoms with E-state index < -0.39 is 24.3 Å². The average Bonchev–Trinajstić information content (AvgIpc) is 2.08. The predicted molar refractivity (Wildman–Crippen MR) is 42.2 cm³/mol. The maximum atomic E-state index is 12.0. The second kappa shape index (κ2) is 5.23. The van der Waals surface area contributed by atoms with Crippen molar-refractivity contribution in [2.24, 2.45) is 0 Å². The molecule has 0 aromatic heterocycles. The van der Waals surface area contributed by atoms with Crippen LogP contribution in [-0.4, -0.2) is 36.0 Å². The van der Waals surface area contributed by atoms with Crippen LogP contribution in [0.4, 0.5) is 18.0 Å². The molecular formula is C7H8F3NO4. The number of carbonyl (C=O) groups excluding carboxylic acids is 1. The minimum Gasteiger partial charge on any atom is -0.479 e. The van der Waals surface area contributed by atoms with E-state index in [2.05, 4.69) is 11.3 Å². The Morgan fingerprint density at radius 1 is 1.53 bits per heavy atom. The Kier molecular flexibility index (Phi) is 4.62. The summed E-state index contributed by atoms with van der Waals surface area (Å²) in [4.78, 5) is 20.8. The number of alkyl halides is 3. The van der Waals surface area contributed by atoms with Crippen LogP contribution in [0.3, 0.4) is 0 Å². The number of carboxylic acids is 1. The molecule has 15 heavy (non-hydrogen) atoms. The number of hydrogen-bond acceptors (Lipinski definition) is 3. The zero-order valence-electron chi connectivity index (χ0n) is 7.37. The van der Waals surface area contributed by atoms with Gasteiger partial charge in [0.2, 0.25) is 6.04 Å². The van der Waals surface area contributed by atoms with Gasteiger partial charge in [-0.05, 0) is 0 Å². The van der Waals surface area contributed by atoms with Gasteiger partial charge < -0.3 is 9.84 Å². The van der Waals surface area contributed by atoms with Crippen LogP contribution in [0.1, 0.15) is 0 Å². The highest BCUT2D eigenvalue weighted by molar-refractivity contribution is 5.80. The van der Waals surface area contributed by atoms with Gasteiger partial charge in [0.05, 0.1) is 0 Å². The molecule has 0 unspecified atom stereocenters. The van der Waals surface area contributed by atoms with Gasteiger partial charge >= 0.3 is 18.2 Å². The van der Waals surface area contributed by atoms with E-state index in [0.717, 1.165) is 11.4 Å². The molecule has 0 radical (unpaired) electrons. The van der Waals surface area contributed by atoms with Gasteiger partial charge in [-0.2, -0.15) is 13.2 Å². The van der Waals surface area contributed by atoms with Crippen LogP contribution in [0.2, 0.25) is 0 Å². The van der Waals surface area contributed by atoms with E-state index in [-0.39, 0.29) is 6.61 Å². The largest absolute Gasteiger partial charge is 0.479 e. The lowest BCUT2D eigenvalue weighted by Gasteiger charge is -2.16. The van der Waals surface area contributed by atoms with Crippen LogP contribution in [0.15, 0.2) is 12.7 Å². The Morgan fingerprint density at radius 2 is 2.07 bits per heavy atom. The Balaban J connectivity index is 4.37. The van der Waals surface area contributed by atoms with Crippen molar-refractivity contribution in [1.82, 2.24) is 5.32 Å². The van der Waals surface area contributed by atoms with Gasteiger partial charge in [-0.25, -0.2) is 9.59 Å². The van der Waals surface area contributed by atoms with Crippen molar-refractivity contribution in [3.63, 3.8) is 0 Å². The molecule has 0 heterocycles. The van der Waals surface area contributed by atoms with Gasteiger partial charge in [-0.3, -0.25) is 5.32 Å². The average molecular weight is 227 g/mol. The lowest BCUT2D eigenvalue weighted by Crippen LogP contribution is -2.50. The van der Waals surface area contributed by atoms with Crippen molar-refractivity contribution in [3.8, 4) is 0 Å². The summed E-state index contributed by atoms with van der Waals surface area (Å²) in [6.07, 6.45) is -5.42. The summed E-state index contributed by atoms with van der Waals surface area (Å²) in [5.74, 6) is -2.21. The minimum atomic E-state index is -5.07. The summed E-state index contributed by atoms with van der Waals surface area (Å²) in [7, 11) is 0. The van der Waals surface area contributed by atoms with E-state index in [9.17, 15) is 22.8 Å². The number of rotatable bonds is 4. The molecule has 1 atom stereocenters. The molecule has 2 N–H and O–H groups in total. The molecule has 1 amide bonds. The number of aliphatic carboxylic acids is 1. The molecule has 0 aliphatic carbocycles. The van der Waals surface area contributed by atoms with Crippen LogP contribution in [0.5, 0.6) is 0 Å². The summed E-state index contributed by atoms with van der Waals surface area (Å²) in [5, 5.41) is 9.33. The first-order valence-electron chi connectivity index (χ1n) is 3.62. The molecular weight excluding hydrogens is 219 g/mol. The molecule has 86 valence electrons.